The van der Waals surface area contributed by atoms with Crippen LogP contribution in [-0.4, -0.2) is 35.1 Å². The smallest absolute Gasteiger partial charge is 0.335 e. The summed E-state index contributed by atoms with van der Waals surface area (Å²) in [6.45, 7) is 3.37. The summed E-state index contributed by atoms with van der Waals surface area (Å²) in [5.74, 6) is -0.994. The van der Waals surface area contributed by atoms with Crippen LogP contribution in [0.3, 0.4) is 0 Å². The van der Waals surface area contributed by atoms with Gasteiger partial charge in [0.05, 0.1) is 5.56 Å². The molecule has 0 saturated carbocycles. The molecule has 1 fully saturated rings. The Kier molecular flexibility index (Phi) is 3.50. The van der Waals surface area contributed by atoms with Crippen molar-refractivity contribution in [3.05, 3.63) is 29.3 Å². The summed E-state index contributed by atoms with van der Waals surface area (Å²) in [7, 11) is 0. The molecule has 5 heteroatoms. The molecule has 1 aromatic carbocycles. The molecular weight excluding hydrogens is 232 g/mol. The number of benzene rings is 1. The van der Waals surface area contributed by atoms with Crippen molar-refractivity contribution in [1.82, 2.24) is 4.90 Å². The van der Waals surface area contributed by atoms with Crippen molar-refractivity contribution >= 4 is 17.7 Å². The number of urea groups is 1. The molecule has 2 N–H and O–H groups in total. The number of carbonyl (C=O) groups excluding carboxylic acids is 1. The van der Waals surface area contributed by atoms with Crippen LogP contribution in [0.25, 0.3) is 0 Å². The first-order valence-electron chi connectivity index (χ1n) is 5.98. The summed E-state index contributed by atoms with van der Waals surface area (Å²) < 4.78 is 0. The van der Waals surface area contributed by atoms with Crippen molar-refractivity contribution in [2.24, 2.45) is 0 Å². The van der Waals surface area contributed by atoms with Crippen LogP contribution in [0.2, 0.25) is 0 Å². The molecule has 0 aliphatic carbocycles. The number of nitrogens with zero attached hydrogens (tertiary/aromatic N) is 1. The molecule has 1 saturated heterocycles. The molecule has 2 amide bonds. The monoisotopic (exact) mass is 248 g/mol. The third kappa shape index (κ3) is 2.61. The molecule has 1 aliphatic rings. The summed E-state index contributed by atoms with van der Waals surface area (Å²) in [6, 6.07) is 4.57. The number of hydrogen-bond acceptors (Lipinski definition) is 2. The fourth-order valence-corrected chi connectivity index (χ4v) is 2.00. The first-order chi connectivity index (χ1) is 8.58. The van der Waals surface area contributed by atoms with Gasteiger partial charge in [0.1, 0.15) is 0 Å². The molecule has 2 rings (SSSR count). The Hall–Kier alpha value is -2.04. The van der Waals surface area contributed by atoms with Crippen LogP contribution >= 0.6 is 0 Å². The first kappa shape index (κ1) is 12.4. The zero-order chi connectivity index (χ0) is 13.1. The molecule has 0 radical (unpaired) electrons. The van der Waals surface area contributed by atoms with E-state index in [1.807, 2.05) is 6.92 Å². The average molecular weight is 248 g/mol. The van der Waals surface area contributed by atoms with Gasteiger partial charge in [0.15, 0.2) is 0 Å². The molecule has 0 bridgehead atoms. The first-order valence-corrected chi connectivity index (χ1v) is 5.98. The highest BCUT2D eigenvalue weighted by atomic mass is 16.4. The number of anilines is 1. The number of hydrogen-bond donors (Lipinski definition) is 2. The van der Waals surface area contributed by atoms with E-state index in [1.54, 1.807) is 11.0 Å². The maximum Gasteiger partial charge on any atom is 0.335 e. The Balaban J connectivity index is 2.14. The zero-order valence-electron chi connectivity index (χ0n) is 10.3. The van der Waals surface area contributed by atoms with Gasteiger partial charge in [0.25, 0.3) is 0 Å². The average Bonchev–Trinajstić information content (AvgIpc) is 2.85. The molecule has 96 valence electrons. The van der Waals surface area contributed by atoms with Crippen LogP contribution in [0, 0.1) is 6.92 Å². The number of carboxylic acids is 1. The van der Waals surface area contributed by atoms with Crippen molar-refractivity contribution in [1.29, 1.82) is 0 Å². The Morgan fingerprint density at radius 3 is 2.56 bits per heavy atom. The van der Waals surface area contributed by atoms with Gasteiger partial charge >= 0.3 is 12.0 Å². The van der Waals surface area contributed by atoms with Crippen LogP contribution in [0.1, 0.15) is 28.8 Å². The van der Waals surface area contributed by atoms with E-state index in [1.165, 1.54) is 12.1 Å². The second kappa shape index (κ2) is 5.08. The minimum atomic E-state index is -0.994. The van der Waals surface area contributed by atoms with Gasteiger partial charge < -0.3 is 15.3 Å². The highest BCUT2D eigenvalue weighted by Crippen LogP contribution is 2.18. The highest BCUT2D eigenvalue weighted by molar-refractivity contribution is 5.94. The number of carboxylic acid groups (broad SMARTS) is 1. The van der Waals surface area contributed by atoms with Gasteiger partial charge in [0, 0.05) is 18.8 Å². The molecule has 0 unspecified atom stereocenters. The minimum Gasteiger partial charge on any atom is -0.478 e. The van der Waals surface area contributed by atoms with Gasteiger partial charge in [-0.15, -0.1) is 0 Å². The highest BCUT2D eigenvalue weighted by Gasteiger charge is 2.18. The van der Waals surface area contributed by atoms with Gasteiger partial charge in [-0.3, -0.25) is 0 Å². The van der Waals surface area contributed by atoms with E-state index in [9.17, 15) is 9.59 Å². The van der Waals surface area contributed by atoms with E-state index < -0.39 is 5.97 Å². The van der Waals surface area contributed by atoms with Crippen molar-refractivity contribution < 1.29 is 14.7 Å². The summed E-state index contributed by atoms with van der Waals surface area (Å²) in [5, 5.41) is 11.7. The SMILES string of the molecule is Cc1ccc(C(=O)O)cc1NC(=O)N1CCCC1. The minimum absolute atomic E-state index is 0.155. The quantitative estimate of drug-likeness (QED) is 0.843. The van der Waals surface area contributed by atoms with E-state index in [4.69, 9.17) is 5.11 Å². The fraction of sp³-hybridized carbons (Fsp3) is 0.385. The Bertz CT molecular complexity index is 479. The summed E-state index contributed by atoms with van der Waals surface area (Å²) in [4.78, 5) is 24.5. The van der Waals surface area contributed by atoms with E-state index >= 15 is 0 Å². The number of rotatable bonds is 2. The maximum absolute atomic E-state index is 11.9. The lowest BCUT2D eigenvalue weighted by atomic mass is 10.1. The number of aromatic carboxylic acids is 1. The topological polar surface area (TPSA) is 69.6 Å². The lowest BCUT2D eigenvalue weighted by Gasteiger charge is -2.17. The van der Waals surface area contributed by atoms with Gasteiger partial charge in [-0.25, -0.2) is 9.59 Å². The van der Waals surface area contributed by atoms with Crippen LogP contribution < -0.4 is 5.32 Å². The zero-order valence-corrected chi connectivity index (χ0v) is 10.3. The van der Waals surface area contributed by atoms with Crippen molar-refractivity contribution in [3.63, 3.8) is 0 Å². The number of nitrogens with one attached hydrogen (secondary N) is 1. The lowest BCUT2D eigenvalue weighted by molar-refractivity contribution is 0.0697. The Morgan fingerprint density at radius 2 is 1.94 bits per heavy atom. The molecular formula is C13H16N2O3. The molecule has 18 heavy (non-hydrogen) atoms. The second-order valence-corrected chi connectivity index (χ2v) is 4.46. The standard InChI is InChI=1S/C13H16N2O3/c1-9-4-5-10(12(16)17)8-11(9)14-13(18)15-6-2-3-7-15/h4-5,8H,2-3,6-7H2,1H3,(H,14,18)(H,16,17). The molecule has 0 spiro atoms. The Labute approximate surface area is 105 Å². The van der Waals surface area contributed by atoms with Gasteiger partial charge in [-0.05, 0) is 37.5 Å². The van der Waals surface area contributed by atoms with Crippen LogP contribution in [0.4, 0.5) is 10.5 Å². The predicted molar refractivity (Wildman–Crippen MR) is 68.0 cm³/mol. The molecule has 0 atom stereocenters. The van der Waals surface area contributed by atoms with Crippen molar-refractivity contribution in [2.45, 2.75) is 19.8 Å². The number of amides is 2. The van der Waals surface area contributed by atoms with E-state index in [0.717, 1.165) is 31.5 Å². The van der Waals surface area contributed by atoms with Crippen LogP contribution in [0.5, 0.6) is 0 Å². The molecule has 1 aromatic rings. The Morgan fingerprint density at radius 1 is 1.28 bits per heavy atom. The summed E-state index contributed by atoms with van der Waals surface area (Å²) >= 11 is 0. The van der Waals surface area contributed by atoms with Crippen molar-refractivity contribution in [3.8, 4) is 0 Å². The summed E-state index contributed by atoms with van der Waals surface area (Å²) in [6.07, 6.45) is 2.06. The normalized spacial score (nSPS) is 14.6. The van der Waals surface area contributed by atoms with Gasteiger partial charge in [0.2, 0.25) is 0 Å². The van der Waals surface area contributed by atoms with E-state index in [2.05, 4.69) is 5.32 Å². The van der Waals surface area contributed by atoms with Crippen LogP contribution in [-0.2, 0) is 0 Å². The second-order valence-electron chi connectivity index (χ2n) is 4.46. The molecule has 5 nitrogen and oxygen atoms in total. The van der Waals surface area contributed by atoms with Gasteiger partial charge in [-0.2, -0.15) is 0 Å². The molecule has 1 aliphatic heterocycles. The fourth-order valence-electron chi connectivity index (χ4n) is 2.00. The third-order valence-corrected chi connectivity index (χ3v) is 3.12. The molecule has 1 heterocycles. The number of aryl methyl sites for hydroxylation is 1. The maximum atomic E-state index is 11.9. The van der Waals surface area contributed by atoms with Crippen molar-refractivity contribution in [2.75, 3.05) is 18.4 Å². The number of carbonyl (C=O) groups is 2. The number of likely N-dealkylation sites (tertiary alicyclic amines) is 1. The van der Waals surface area contributed by atoms with E-state index in [-0.39, 0.29) is 11.6 Å². The van der Waals surface area contributed by atoms with E-state index in [0.29, 0.717) is 5.69 Å². The lowest BCUT2D eigenvalue weighted by Crippen LogP contribution is -2.32. The largest absolute Gasteiger partial charge is 0.478 e. The molecule has 0 aromatic heterocycles. The summed E-state index contributed by atoms with van der Waals surface area (Å²) in [5.41, 5.74) is 1.59. The third-order valence-electron chi connectivity index (χ3n) is 3.12. The van der Waals surface area contributed by atoms with Crippen LogP contribution in [0.15, 0.2) is 18.2 Å². The van der Waals surface area contributed by atoms with Gasteiger partial charge in [-0.1, -0.05) is 6.07 Å². The predicted octanol–water partition coefficient (Wildman–Crippen LogP) is 2.32.